The van der Waals surface area contributed by atoms with Crippen LogP contribution in [0, 0.1) is 22.7 Å². The first kappa shape index (κ1) is 19.0. The minimum atomic E-state index is -2.04. The molecule has 3 nitrogen and oxygen atoms in total. The van der Waals surface area contributed by atoms with E-state index in [1.54, 1.807) is 6.08 Å². The molecule has 0 heterocycles. The molecule has 2 aliphatic rings. The van der Waals surface area contributed by atoms with Crippen LogP contribution in [0.4, 0.5) is 0 Å². The van der Waals surface area contributed by atoms with Gasteiger partial charge in [-0.05, 0) is 41.1 Å². The third-order valence-electron chi connectivity index (χ3n) is 6.11. The lowest BCUT2D eigenvalue weighted by molar-refractivity contribution is -0.114. The summed E-state index contributed by atoms with van der Waals surface area (Å²) < 4.78 is 6.67. The quantitative estimate of drug-likeness (QED) is 0.451. The van der Waals surface area contributed by atoms with Crippen molar-refractivity contribution in [3.63, 3.8) is 0 Å². The molecule has 0 saturated heterocycles. The second-order valence-electron chi connectivity index (χ2n) is 8.36. The van der Waals surface area contributed by atoms with Gasteiger partial charge in [-0.1, -0.05) is 48.1 Å². The van der Waals surface area contributed by atoms with E-state index in [9.17, 15) is 10.1 Å². The largest absolute Gasteiger partial charge is 0.546 e. The maximum absolute atomic E-state index is 11.6. The van der Waals surface area contributed by atoms with Crippen LogP contribution in [-0.2, 0) is 9.22 Å². The summed E-state index contributed by atoms with van der Waals surface area (Å²) in [5.74, 6) is 0.967. The molecule has 132 valence electrons. The van der Waals surface area contributed by atoms with E-state index in [0.29, 0.717) is 23.0 Å². The van der Waals surface area contributed by atoms with Gasteiger partial charge in [0.2, 0.25) is 0 Å². The summed E-state index contributed by atoms with van der Waals surface area (Å²) in [6.45, 7) is 17.7. The van der Waals surface area contributed by atoms with Crippen molar-refractivity contribution < 1.29 is 9.22 Å². The number of hydrogen-bond donors (Lipinski definition) is 0. The third-order valence-corrected chi connectivity index (χ3v) is 12.1. The number of carbonyl (C=O) groups excluding carboxylic acids is 1. The minimum Gasteiger partial charge on any atom is -0.546 e. The summed E-state index contributed by atoms with van der Waals surface area (Å²) in [6, 6.07) is 2.47. The molecule has 0 aromatic rings. The van der Waals surface area contributed by atoms with E-state index >= 15 is 0 Å². The van der Waals surface area contributed by atoms with E-state index in [2.05, 4.69) is 54.2 Å². The molecule has 1 saturated carbocycles. The van der Waals surface area contributed by atoms with Gasteiger partial charge in [-0.25, -0.2) is 0 Å². The number of ketones is 1. The molecule has 0 N–H and O–H groups in total. The van der Waals surface area contributed by atoms with Crippen LogP contribution in [0.15, 0.2) is 24.0 Å². The molecule has 1 fully saturated rings. The van der Waals surface area contributed by atoms with Crippen LogP contribution in [0.1, 0.15) is 60.8 Å². The van der Waals surface area contributed by atoms with Crippen LogP contribution in [0.5, 0.6) is 0 Å². The van der Waals surface area contributed by atoms with Crippen molar-refractivity contribution in [1.82, 2.24) is 0 Å². The highest BCUT2D eigenvalue weighted by Gasteiger charge is 2.61. The first-order valence-electron chi connectivity index (χ1n) is 9.14. The number of allylic oxidation sites excluding steroid dienone is 3. The second kappa shape index (κ2) is 6.52. The number of nitrogens with zero attached hydrogens (tertiary/aromatic N) is 1. The first-order valence-corrected chi connectivity index (χ1v) is 11.3. The maximum Gasteiger partial charge on any atom is 0.258 e. The molecule has 0 aromatic heterocycles. The highest BCUT2D eigenvalue weighted by atomic mass is 28.4. The van der Waals surface area contributed by atoms with Crippen LogP contribution >= 0.6 is 0 Å². The van der Waals surface area contributed by atoms with Crippen molar-refractivity contribution in [2.45, 2.75) is 77.4 Å². The molecule has 2 unspecified atom stereocenters. The number of nitriles is 1. The molecule has 2 aliphatic carbocycles. The van der Waals surface area contributed by atoms with Gasteiger partial charge >= 0.3 is 0 Å². The lowest BCUT2D eigenvalue weighted by Crippen LogP contribution is -2.47. The fourth-order valence-electron chi connectivity index (χ4n) is 4.80. The van der Waals surface area contributed by atoms with Gasteiger partial charge in [0.05, 0.1) is 17.2 Å². The van der Waals surface area contributed by atoms with Crippen LogP contribution < -0.4 is 0 Å². The van der Waals surface area contributed by atoms with Crippen LogP contribution in [-0.4, -0.2) is 14.1 Å². The Labute approximate surface area is 147 Å². The van der Waals surface area contributed by atoms with Gasteiger partial charge in [-0.15, -0.1) is 0 Å². The molecule has 0 bridgehead atoms. The summed E-state index contributed by atoms with van der Waals surface area (Å²) in [5.41, 5.74) is 1.91. The molecule has 24 heavy (non-hydrogen) atoms. The van der Waals surface area contributed by atoms with Gasteiger partial charge in [0.1, 0.15) is 0 Å². The Morgan fingerprint density at radius 1 is 1.25 bits per heavy atom. The van der Waals surface area contributed by atoms with Gasteiger partial charge in [-0.2, -0.15) is 5.26 Å². The Kier molecular flexibility index (Phi) is 5.16. The van der Waals surface area contributed by atoms with Crippen molar-refractivity contribution in [3.05, 3.63) is 24.0 Å². The average molecular weight is 346 g/mol. The van der Waals surface area contributed by atoms with Gasteiger partial charge in [-0.3, -0.25) is 4.79 Å². The fourth-order valence-corrected chi connectivity index (χ4v) is 10.1. The monoisotopic (exact) mass is 345 g/mol. The Balaban J connectivity index is 2.23. The summed E-state index contributed by atoms with van der Waals surface area (Å²) in [4.78, 5) is 11.6. The Morgan fingerprint density at radius 2 is 1.79 bits per heavy atom. The maximum atomic E-state index is 11.6. The van der Waals surface area contributed by atoms with Crippen LogP contribution in [0.2, 0.25) is 16.6 Å². The predicted molar refractivity (Wildman–Crippen MR) is 99.8 cm³/mol. The van der Waals surface area contributed by atoms with Gasteiger partial charge < -0.3 is 4.43 Å². The lowest BCUT2D eigenvalue weighted by atomic mass is 9.93. The topological polar surface area (TPSA) is 50.1 Å². The highest BCUT2D eigenvalue weighted by Crippen LogP contribution is 2.63. The Morgan fingerprint density at radius 3 is 2.17 bits per heavy atom. The van der Waals surface area contributed by atoms with E-state index in [1.165, 1.54) is 0 Å². The number of hydrogen-bond acceptors (Lipinski definition) is 3. The van der Waals surface area contributed by atoms with Gasteiger partial charge in [0, 0.05) is 12.3 Å². The van der Waals surface area contributed by atoms with Gasteiger partial charge in [0.15, 0.2) is 5.78 Å². The van der Waals surface area contributed by atoms with Crippen molar-refractivity contribution in [1.29, 1.82) is 5.26 Å². The highest BCUT2D eigenvalue weighted by molar-refractivity contribution is 6.77. The molecule has 0 aliphatic heterocycles. The van der Waals surface area contributed by atoms with E-state index in [4.69, 9.17) is 4.43 Å². The summed E-state index contributed by atoms with van der Waals surface area (Å²) in [6.07, 6.45) is 3.70. The van der Waals surface area contributed by atoms with Crippen molar-refractivity contribution in [2.75, 3.05) is 0 Å². The lowest BCUT2D eigenvalue weighted by Gasteiger charge is -2.43. The summed E-state index contributed by atoms with van der Waals surface area (Å²) in [5, 5.41) is 9.76. The van der Waals surface area contributed by atoms with E-state index in [1.807, 2.05) is 0 Å². The molecular formula is C20H31NO2Si. The van der Waals surface area contributed by atoms with Crippen molar-refractivity contribution >= 4 is 14.1 Å². The average Bonchev–Trinajstić information content (AvgIpc) is 3.10. The van der Waals surface area contributed by atoms with Crippen molar-refractivity contribution in [3.8, 4) is 6.07 Å². The molecule has 2 rings (SSSR count). The normalized spacial score (nSPS) is 26.8. The molecule has 2 atom stereocenters. The molecule has 0 spiro atoms. The van der Waals surface area contributed by atoms with Crippen LogP contribution in [0.3, 0.4) is 0 Å². The third kappa shape index (κ3) is 2.88. The summed E-state index contributed by atoms with van der Waals surface area (Å²) in [7, 11) is -2.04. The zero-order valence-corrected chi connectivity index (χ0v) is 17.0. The zero-order valence-electron chi connectivity index (χ0n) is 16.0. The van der Waals surface area contributed by atoms with E-state index in [-0.39, 0.29) is 11.7 Å². The Hall–Kier alpha value is -1.34. The molecule has 0 aromatic carbocycles. The molecular weight excluding hydrogens is 314 g/mol. The number of rotatable bonds is 7. The number of carbonyl (C=O) groups is 1. The molecule has 0 amide bonds. The van der Waals surface area contributed by atoms with Crippen LogP contribution in [0.25, 0.3) is 0 Å². The summed E-state index contributed by atoms with van der Waals surface area (Å²) >= 11 is 0. The Bertz CT molecular complexity index is 590. The molecule has 0 radical (unpaired) electrons. The zero-order chi connectivity index (χ0) is 18.3. The standard InChI is InChI=1S/C20H31NO2Si/c1-13(2)24(14(3)4,15(5)6)23-16(7)19-11-20(19,12-21)17-8-9-18(22)10-17/h10,13-15,19H,7-9,11H2,1-6H3. The SMILES string of the molecule is C=C(O[Si](C(C)C)(C(C)C)C(C)C)C1CC1(C#N)C1=CC(=O)CC1. The smallest absolute Gasteiger partial charge is 0.258 e. The first-order chi connectivity index (χ1) is 11.1. The van der Waals surface area contributed by atoms with Gasteiger partial charge in [0.25, 0.3) is 8.32 Å². The predicted octanol–water partition coefficient (Wildman–Crippen LogP) is 5.51. The molecule has 4 heteroatoms. The fraction of sp³-hybridized carbons (Fsp3) is 0.700. The van der Waals surface area contributed by atoms with E-state index in [0.717, 1.165) is 24.2 Å². The van der Waals surface area contributed by atoms with E-state index < -0.39 is 13.7 Å². The minimum absolute atomic E-state index is 0.0442. The van der Waals surface area contributed by atoms with Crippen molar-refractivity contribution in [2.24, 2.45) is 11.3 Å². The second-order valence-corrected chi connectivity index (χ2v) is 13.7.